The summed E-state index contributed by atoms with van der Waals surface area (Å²) in [5.74, 6) is -0.0445. The Hall–Kier alpha value is -2.73. The molecule has 0 fully saturated rings. The lowest BCUT2D eigenvalue weighted by Gasteiger charge is -2.13. The molecule has 5 nitrogen and oxygen atoms in total. The molecule has 0 aliphatic rings. The Bertz CT molecular complexity index is 857. The molecule has 1 N–H and O–H groups in total. The molecule has 2 heterocycles. The highest BCUT2D eigenvalue weighted by atomic mass is 32.1. The maximum absolute atomic E-state index is 12.3. The van der Waals surface area contributed by atoms with E-state index in [2.05, 4.69) is 15.3 Å². The van der Waals surface area contributed by atoms with Gasteiger partial charge in [-0.1, -0.05) is 6.07 Å². The smallest absolute Gasteiger partial charge is 0.229 e. The molecule has 25 heavy (non-hydrogen) atoms. The van der Waals surface area contributed by atoms with Gasteiger partial charge in [0, 0.05) is 36.5 Å². The van der Waals surface area contributed by atoms with Crippen molar-refractivity contribution in [1.29, 1.82) is 0 Å². The lowest BCUT2D eigenvalue weighted by molar-refractivity contribution is -0.115. The number of carbonyl (C=O) groups is 1. The van der Waals surface area contributed by atoms with Crippen LogP contribution in [0.15, 0.2) is 48.7 Å². The van der Waals surface area contributed by atoms with E-state index in [4.69, 9.17) is 0 Å². The number of benzene rings is 1. The quantitative estimate of drug-likeness (QED) is 0.759. The second kappa shape index (κ2) is 7.44. The number of hydrogen-bond donors (Lipinski definition) is 1. The number of hydrogen-bond acceptors (Lipinski definition) is 5. The van der Waals surface area contributed by atoms with Crippen LogP contribution in [0.1, 0.15) is 10.6 Å². The van der Waals surface area contributed by atoms with Crippen LogP contribution in [0.25, 0.3) is 10.7 Å². The monoisotopic (exact) mass is 352 g/mol. The van der Waals surface area contributed by atoms with Gasteiger partial charge >= 0.3 is 0 Å². The fraction of sp³-hybridized carbons (Fsp3) is 0.211. The van der Waals surface area contributed by atoms with E-state index in [1.54, 1.807) is 6.20 Å². The van der Waals surface area contributed by atoms with Gasteiger partial charge in [0.1, 0.15) is 5.01 Å². The van der Waals surface area contributed by atoms with Crippen LogP contribution in [-0.4, -0.2) is 30.0 Å². The number of carbonyl (C=O) groups excluding carboxylic acids is 1. The Labute approximate surface area is 151 Å². The Morgan fingerprint density at radius 2 is 1.92 bits per heavy atom. The molecule has 0 aliphatic heterocycles. The van der Waals surface area contributed by atoms with Crippen LogP contribution in [-0.2, 0) is 11.2 Å². The van der Waals surface area contributed by atoms with Crippen molar-refractivity contribution in [3.8, 4) is 10.7 Å². The number of nitrogens with zero attached hydrogens (tertiary/aromatic N) is 3. The standard InChI is InChI=1S/C19H20N4OS/c1-13-17(25-19(21-13)16-6-4-5-11-20-16)12-18(24)22-14-7-9-15(10-8-14)23(2)3/h4-11H,12H2,1-3H3,(H,22,24). The first kappa shape index (κ1) is 17.1. The molecular formula is C19H20N4OS. The van der Waals surface area contributed by atoms with Crippen molar-refractivity contribution in [2.45, 2.75) is 13.3 Å². The van der Waals surface area contributed by atoms with Gasteiger partial charge in [0.25, 0.3) is 0 Å². The van der Waals surface area contributed by atoms with E-state index in [1.807, 2.05) is 68.4 Å². The van der Waals surface area contributed by atoms with Gasteiger partial charge in [0.2, 0.25) is 5.91 Å². The van der Waals surface area contributed by atoms with Crippen molar-refractivity contribution in [3.63, 3.8) is 0 Å². The van der Waals surface area contributed by atoms with E-state index in [1.165, 1.54) is 11.3 Å². The molecule has 128 valence electrons. The molecule has 0 radical (unpaired) electrons. The lowest BCUT2D eigenvalue weighted by atomic mass is 10.2. The minimum atomic E-state index is -0.0445. The minimum Gasteiger partial charge on any atom is -0.378 e. The van der Waals surface area contributed by atoms with Crippen LogP contribution >= 0.6 is 11.3 Å². The largest absolute Gasteiger partial charge is 0.378 e. The topological polar surface area (TPSA) is 58.1 Å². The van der Waals surface area contributed by atoms with Crippen molar-refractivity contribution in [3.05, 3.63) is 59.2 Å². The summed E-state index contributed by atoms with van der Waals surface area (Å²) in [5, 5.41) is 3.78. The van der Waals surface area contributed by atoms with Crippen LogP contribution < -0.4 is 10.2 Å². The number of aromatic nitrogens is 2. The van der Waals surface area contributed by atoms with Gasteiger partial charge < -0.3 is 10.2 Å². The molecule has 2 aromatic heterocycles. The average molecular weight is 352 g/mol. The van der Waals surface area contributed by atoms with Crippen LogP contribution in [0.4, 0.5) is 11.4 Å². The maximum Gasteiger partial charge on any atom is 0.229 e. The molecule has 0 saturated heterocycles. The first-order valence-corrected chi connectivity index (χ1v) is 8.79. The molecular weight excluding hydrogens is 332 g/mol. The molecule has 3 rings (SSSR count). The summed E-state index contributed by atoms with van der Waals surface area (Å²) in [6.45, 7) is 1.93. The zero-order valence-corrected chi connectivity index (χ0v) is 15.3. The predicted octanol–water partition coefficient (Wildman–Crippen LogP) is 3.76. The zero-order valence-electron chi connectivity index (χ0n) is 14.5. The summed E-state index contributed by atoms with van der Waals surface area (Å²) in [7, 11) is 3.97. The van der Waals surface area contributed by atoms with Gasteiger partial charge in [0.15, 0.2) is 0 Å². The van der Waals surface area contributed by atoms with Gasteiger partial charge in [-0.15, -0.1) is 11.3 Å². The van der Waals surface area contributed by atoms with E-state index >= 15 is 0 Å². The van der Waals surface area contributed by atoms with Gasteiger partial charge in [-0.25, -0.2) is 4.98 Å². The van der Waals surface area contributed by atoms with Crippen LogP contribution in [0.5, 0.6) is 0 Å². The Morgan fingerprint density at radius 1 is 1.16 bits per heavy atom. The van der Waals surface area contributed by atoms with E-state index in [-0.39, 0.29) is 5.91 Å². The molecule has 0 aliphatic carbocycles. The summed E-state index contributed by atoms with van der Waals surface area (Å²) in [6, 6.07) is 13.5. The summed E-state index contributed by atoms with van der Waals surface area (Å²) >= 11 is 1.52. The van der Waals surface area contributed by atoms with Crippen molar-refractivity contribution in [2.24, 2.45) is 0 Å². The number of rotatable bonds is 5. The highest BCUT2D eigenvalue weighted by molar-refractivity contribution is 7.15. The normalized spacial score (nSPS) is 10.5. The zero-order chi connectivity index (χ0) is 17.8. The SMILES string of the molecule is Cc1nc(-c2ccccn2)sc1CC(=O)Nc1ccc(N(C)C)cc1. The molecule has 1 aromatic carbocycles. The first-order chi connectivity index (χ1) is 12.0. The summed E-state index contributed by atoms with van der Waals surface area (Å²) < 4.78 is 0. The molecule has 1 amide bonds. The van der Waals surface area contributed by atoms with E-state index < -0.39 is 0 Å². The lowest BCUT2D eigenvalue weighted by Crippen LogP contribution is -2.14. The number of thiazole rings is 1. The molecule has 0 spiro atoms. The second-order valence-electron chi connectivity index (χ2n) is 5.91. The van der Waals surface area contributed by atoms with E-state index in [0.717, 1.165) is 32.6 Å². The number of nitrogens with one attached hydrogen (secondary N) is 1. The van der Waals surface area contributed by atoms with Gasteiger partial charge in [-0.3, -0.25) is 9.78 Å². The average Bonchev–Trinajstić information content (AvgIpc) is 2.97. The number of anilines is 2. The van der Waals surface area contributed by atoms with Crippen molar-refractivity contribution >= 4 is 28.6 Å². The Balaban J connectivity index is 1.68. The maximum atomic E-state index is 12.3. The highest BCUT2D eigenvalue weighted by Gasteiger charge is 2.13. The van der Waals surface area contributed by atoms with Crippen LogP contribution in [0, 0.1) is 6.92 Å². The fourth-order valence-electron chi connectivity index (χ4n) is 2.38. The van der Waals surface area contributed by atoms with Crippen LogP contribution in [0.3, 0.4) is 0 Å². The Morgan fingerprint density at radius 3 is 2.56 bits per heavy atom. The molecule has 0 atom stereocenters. The van der Waals surface area contributed by atoms with E-state index in [0.29, 0.717) is 6.42 Å². The first-order valence-electron chi connectivity index (χ1n) is 7.98. The summed E-state index contributed by atoms with van der Waals surface area (Å²) in [4.78, 5) is 24.2. The third-order valence-electron chi connectivity index (χ3n) is 3.77. The molecule has 0 unspecified atom stereocenters. The Kier molecular flexibility index (Phi) is 5.09. The number of aryl methyl sites for hydroxylation is 1. The van der Waals surface area contributed by atoms with Crippen molar-refractivity contribution in [1.82, 2.24) is 9.97 Å². The number of amides is 1. The third kappa shape index (κ3) is 4.22. The van der Waals surface area contributed by atoms with Crippen molar-refractivity contribution in [2.75, 3.05) is 24.3 Å². The van der Waals surface area contributed by atoms with Gasteiger partial charge in [-0.05, 0) is 43.3 Å². The molecule has 0 bridgehead atoms. The van der Waals surface area contributed by atoms with E-state index in [9.17, 15) is 4.79 Å². The minimum absolute atomic E-state index is 0.0445. The fourth-order valence-corrected chi connectivity index (χ4v) is 3.42. The predicted molar refractivity (Wildman–Crippen MR) is 103 cm³/mol. The number of pyridine rings is 1. The van der Waals surface area contributed by atoms with Crippen LogP contribution in [0.2, 0.25) is 0 Å². The summed E-state index contributed by atoms with van der Waals surface area (Å²) in [5.41, 5.74) is 3.60. The molecule has 6 heteroatoms. The van der Waals surface area contributed by atoms with Gasteiger partial charge in [-0.2, -0.15) is 0 Å². The second-order valence-corrected chi connectivity index (χ2v) is 6.99. The van der Waals surface area contributed by atoms with Gasteiger partial charge in [0.05, 0.1) is 17.8 Å². The highest BCUT2D eigenvalue weighted by Crippen LogP contribution is 2.27. The summed E-state index contributed by atoms with van der Waals surface area (Å²) in [6.07, 6.45) is 2.06. The van der Waals surface area contributed by atoms with Crippen molar-refractivity contribution < 1.29 is 4.79 Å². The molecule has 3 aromatic rings. The molecule has 0 saturated carbocycles. The third-order valence-corrected chi connectivity index (χ3v) is 4.95.